The van der Waals surface area contributed by atoms with Crippen LogP contribution in [0.4, 0.5) is 0 Å². The fraction of sp³-hybridized carbons (Fsp3) is 0.846. The summed E-state index contributed by atoms with van der Waals surface area (Å²) in [7, 11) is 0. The first-order valence-electron chi connectivity index (χ1n) is 6.80. The Morgan fingerprint density at radius 1 is 1.42 bits per heavy atom. The van der Waals surface area contributed by atoms with Crippen molar-refractivity contribution in [3.05, 3.63) is 0 Å². The molecule has 1 amide bonds. The van der Waals surface area contributed by atoms with Crippen molar-refractivity contribution < 1.29 is 14.3 Å². The molecule has 1 aliphatic rings. The second-order valence-electron chi connectivity index (χ2n) is 4.74. The number of hydrogen-bond donors (Lipinski definition) is 1. The Morgan fingerprint density at radius 2 is 2.05 bits per heavy atom. The number of ether oxygens (including phenoxy) is 1. The van der Waals surface area contributed by atoms with Gasteiger partial charge in [-0.3, -0.25) is 9.59 Å². The first kappa shape index (κ1) is 16.3. The van der Waals surface area contributed by atoms with Crippen LogP contribution in [0.3, 0.4) is 0 Å². The number of carbonyl (C=O) groups excluding carboxylic acids is 2. The topological polar surface area (TPSA) is 72.6 Å². The molecule has 1 heterocycles. The van der Waals surface area contributed by atoms with Gasteiger partial charge in [0, 0.05) is 13.1 Å². The van der Waals surface area contributed by atoms with E-state index in [0.29, 0.717) is 39.0 Å². The van der Waals surface area contributed by atoms with Gasteiger partial charge in [0.05, 0.1) is 18.6 Å². The Kier molecular flexibility index (Phi) is 7.23. The number of amides is 1. The zero-order valence-electron chi connectivity index (χ0n) is 11.8. The van der Waals surface area contributed by atoms with Crippen LogP contribution in [-0.2, 0) is 14.3 Å². The molecule has 1 aliphatic heterocycles. The van der Waals surface area contributed by atoms with Crippen LogP contribution < -0.4 is 5.73 Å². The predicted octanol–water partition coefficient (Wildman–Crippen LogP) is 0.869. The molecule has 19 heavy (non-hydrogen) atoms. The highest BCUT2D eigenvalue weighted by Gasteiger charge is 2.29. The van der Waals surface area contributed by atoms with Gasteiger partial charge in [-0.2, -0.15) is 11.8 Å². The molecule has 1 saturated heterocycles. The molecule has 0 saturated carbocycles. The van der Waals surface area contributed by atoms with Crippen molar-refractivity contribution in [2.45, 2.75) is 32.2 Å². The SMILES string of the molecule is CCOC(=O)C1CCN(C(=O)[C@H](N)CCSC)CC1. The van der Waals surface area contributed by atoms with Crippen molar-refractivity contribution in [1.82, 2.24) is 4.90 Å². The summed E-state index contributed by atoms with van der Waals surface area (Å²) in [6, 6.07) is -0.411. The molecule has 6 heteroatoms. The lowest BCUT2D eigenvalue weighted by Gasteiger charge is -2.32. The highest BCUT2D eigenvalue weighted by Crippen LogP contribution is 2.19. The number of hydrogen-bond acceptors (Lipinski definition) is 5. The molecule has 0 spiro atoms. The molecule has 0 aliphatic carbocycles. The molecule has 110 valence electrons. The first-order valence-corrected chi connectivity index (χ1v) is 8.19. The van der Waals surface area contributed by atoms with Crippen LogP contribution in [0.1, 0.15) is 26.2 Å². The van der Waals surface area contributed by atoms with Gasteiger partial charge in [0.15, 0.2) is 0 Å². The summed E-state index contributed by atoms with van der Waals surface area (Å²) in [5.74, 6) is 0.704. The Hall–Kier alpha value is -0.750. The summed E-state index contributed by atoms with van der Waals surface area (Å²) >= 11 is 1.69. The maximum absolute atomic E-state index is 12.1. The van der Waals surface area contributed by atoms with Gasteiger partial charge in [0.25, 0.3) is 0 Å². The summed E-state index contributed by atoms with van der Waals surface area (Å²) in [4.78, 5) is 25.5. The van der Waals surface area contributed by atoms with Crippen LogP contribution in [0, 0.1) is 5.92 Å². The van der Waals surface area contributed by atoms with E-state index in [2.05, 4.69) is 0 Å². The lowest BCUT2D eigenvalue weighted by atomic mass is 9.96. The molecule has 0 unspecified atom stereocenters. The fourth-order valence-corrected chi connectivity index (χ4v) is 2.69. The lowest BCUT2D eigenvalue weighted by molar-refractivity contribution is -0.151. The summed E-state index contributed by atoms with van der Waals surface area (Å²) < 4.78 is 5.01. The maximum atomic E-state index is 12.1. The van der Waals surface area contributed by atoms with Gasteiger partial charge < -0.3 is 15.4 Å². The number of piperidine rings is 1. The number of likely N-dealkylation sites (tertiary alicyclic amines) is 1. The molecule has 0 radical (unpaired) electrons. The van der Waals surface area contributed by atoms with E-state index < -0.39 is 6.04 Å². The number of nitrogens with two attached hydrogens (primary N) is 1. The third kappa shape index (κ3) is 5.03. The molecular formula is C13H24N2O3S. The van der Waals surface area contributed by atoms with Crippen molar-refractivity contribution in [1.29, 1.82) is 0 Å². The highest BCUT2D eigenvalue weighted by molar-refractivity contribution is 7.98. The lowest BCUT2D eigenvalue weighted by Crippen LogP contribution is -2.48. The van der Waals surface area contributed by atoms with Crippen LogP contribution in [0.25, 0.3) is 0 Å². The smallest absolute Gasteiger partial charge is 0.309 e. The molecule has 1 rings (SSSR count). The summed E-state index contributed by atoms with van der Waals surface area (Å²) in [5.41, 5.74) is 5.88. The molecule has 5 nitrogen and oxygen atoms in total. The van der Waals surface area contributed by atoms with E-state index in [1.807, 2.05) is 6.26 Å². The maximum Gasteiger partial charge on any atom is 0.309 e. The van der Waals surface area contributed by atoms with E-state index in [4.69, 9.17) is 10.5 Å². The third-order valence-electron chi connectivity index (χ3n) is 3.38. The van der Waals surface area contributed by atoms with Crippen molar-refractivity contribution in [3.8, 4) is 0 Å². The minimum atomic E-state index is -0.411. The zero-order valence-corrected chi connectivity index (χ0v) is 12.6. The average Bonchev–Trinajstić information content (AvgIpc) is 2.44. The monoisotopic (exact) mass is 288 g/mol. The van der Waals surface area contributed by atoms with E-state index >= 15 is 0 Å². The largest absolute Gasteiger partial charge is 0.466 e. The first-order chi connectivity index (χ1) is 9.10. The number of thioether (sulfide) groups is 1. The van der Waals surface area contributed by atoms with Gasteiger partial charge in [-0.15, -0.1) is 0 Å². The molecule has 1 atom stereocenters. The van der Waals surface area contributed by atoms with Crippen molar-refractivity contribution in [2.75, 3.05) is 31.7 Å². The fourth-order valence-electron chi connectivity index (χ4n) is 2.20. The number of rotatable bonds is 6. The Morgan fingerprint density at radius 3 is 2.58 bits per heavy atom. The summed E-state index contributed by atoms with van der Waals surface area (Å²) in [6.45, 7) is 3.43. The number of carbonyl (C=O) groups is 2. The minimum absolute atomic E-state index is 0.0105. The summed E-state index contributed by atoms with van der Waals surface area (Å²) in [6.07, 6.45) is 4.07. The standard InChI is InChI=1S/C13H24N2O3S/c1-3-18-13(17)10-4-7-15(8-5-10)12(16)11(14)6-9-19-2/h10-11H,3-9,14H2,1-2H3/t11-/m1/s1. The molecule has 0 bridgehead atoms. The average molecular weight is 288 g/mol. The Balaban J connectivity index is 2.36. The quantitative estimate of drug-likeness (QED) is 0.734. The van der Waals surface area contributed by atoms with Gasteiger partial charge in [0.2, 0.25) is 5.91 Å². The number of nitrogens with zero attached hydrogens (tertiary/aromatic N) is 1. The van der Waals surface area contributed by atoms with Crippen LogP contribution in [-0.4, -0.2) is 54.5 Å². The van der Waals surface area contributed by atoms with Crippen molar-refractivity contribution in [3.63, 3.8) is 0 Å². The second-order valence-corrected chi connectivity index (χ2v) is 5.73. The van der Waals surface area contributed by atoms with E-state index in [1.165, 1.54) is 0 Å². The van der Waals surface area contributed by atoms with Gasteiger partial charge in [-0.1, -0.05) is 0 Å². The molecule has 0 aromatic rings. The van der Waals surface area contributed by atoms with Gasteiger partial charge in [-0.25, -0.2) is 0 Å². The van der Waals surface area contributed by atoms with Crippen LogP contribution in [0.2, 0.25) is 0 Å². The Bertz CT molecular complexity index is 304. The Labute approximate surface area is 119 Å². The van der Waals surface area contributed by atoms with Gasteiger partial charge >= 0.3 is 5.97 Å². The van der Waals surface area contributed by atoms with E-state index in [0.717, 1.165) is 5.75 Å². The van der Waals surface area contributed by atoms with E-state index in [1.54, 1.807) is 23.6 Å². The minimum Gasteiger partial charge on any atom is -0.466 e. The van der Waals surface area contributed by atoms with Gasteiger partial charge in [-0.05, 0) is 38.2 Å². The molecule has 2 N–H and O–H groups in total. The van der Waals surface area contributed by atoms with Gasteiger partial charge in [0.1, 0.15) is 0 Å². The molecule has 0 aromatic heterocycles. The second kappa shape index (κ2) is 8.43. The van der Waals surface area contributed by atoms with Crippen LogP contribution >= 0.6 is 11.8 Å². The van der Waals surface area contributed by atoms with E-state index in [9.17, 15) is 9.59 Å². The van der Waals surface area contributed by atoms with Crippen LogP contribution in [0.5, 0.6) is 0 Å². The summed E-state index contributed by atoms with van der Waals surface area (Å²) in [5, 5.41) is 0. The zero-order chi connectivity index (χ0) is 14.3. The van der Waals surface area contributed by atoms with E-state index in [-0.39, 0.29) is 17.8 Å². The normalized spacial score (nSPS) is 18.2. The highest BCUT2D eigenvalue weighted by atomic mass is 32.2. The molecule has 0 aromatic carbocycles. The van der Waals surface area contributed by atoms with Crippen LogP contribution in [0.15, 0.2) is 0 Å². The molecule has 1 fully saturated rings. The number of esters is 1. The predicted molar refractivity (Wildman–Crippen MR) is 76.9 cm³/mol. The van der Waals surface area contributed by atoms with Crippen molar-refractivity contribution in [2.24, 2.45) is 11.7 Å². The third-order valence-corrected chi connectivity index (χ3v) is 4.02. The van der Waals surface area contributed by atoms with Crippen molar-refractivity contribution >= 4 is 23.6 Å². The molecular weight excluding hydrogens is 264 g/mol.